The monoisotopic (exact) mass is 419 g/mol. The zero-order valence-electron chi connectivity index (χ0n) is 15.3. The van der Waals surface area contributed by atoms with Gasteiger partial charge in [0.2, 0.25) is 4.34 Å². The number of carbonyl (C=O) groups excluding carboxylic acids is 1. The van der Waals surface area contributed by atoms with E-state index in [4.69, 9.17) is 4.74 Å². The molecule has 0 radical (unpaired) electrons. The number of fused-ring (bicyclic) bond motifs is 3. The van der Waals surface area contributed by atoms with Gasteiger partial charge in [-0.25, -0.2) is 14.5 Å². The number of benzene rings is 1. The van der Waals surface area contributed by atoms with Crippen LogP contribution < -0.4 is 14.8 Å². The molecule has 28 heavy (non-hydrogen) atoms. The van der Waals surface area contributed by atoms with Gasteiger partial charge in [-0.15, -0.1) is 0 Å². The van der Waals surface area contributed by atoms with Crippen LogP contribution in [-0.4, -0.2) is 26.0 Å². The van der Waals surface area contributed by atoms with Crippen LogP contribution in [0.2, 0.25) is 0 Å². The van der Waals surface area contributed by atoms with Gasteiger partial charge >= 0.3 is 6.03 Å². The average Bonchev–Trinajstić information content (AvgIpc) is 3.39. The first kappa shape index (κ1) is 17.9. The van der Waals surface area contributed by atoms with Crippen LogP contribution in [0.25, 0.3) is 0 Å². The molecule has 0 saturated heterocycles. The van der Waals surface area contributed by atoms with E-state index >= 15 is 0 Å². The number of rotatable bonds is 3. The van der Waals surface area contributed by atoms with Crippen LogP contribution in [0, 0.1) is 0 Å². The SMILES string of the molecule is O=C(Nc1c2c(cc3c1CCC3)CCC2)NS(=O)(=O)c1nc2c(s1)OCCC2. The van der Waals surface area contributed by atoms with E-state index in [1.807, 2.05) is 0 Å². The minimum Gasteiger partial charge on any atom is -0.482 e. The molecule has 2 N–H and O–H groups in total. The summed E-state index contributed by atoms with van der Waals surface area (Å²) in [6.07, 6.45) is 7.51. The molecule has 2 aliphatic carbocycles. The highest BCUT2D eigenvalue weighted by molar-refractivity contribution is 7.92. The van der Waals surface area contributed by atoms with Crippen LogP contribution >= 0.6 is 11.3 Å². The quantitative estimate of drug-likeness (QED) is 0.797. The van der Waals surface area contributed by atoms with Gasteiger partial charge in [0.1, 0.15) is 0 Å². The Hall–Kier alpha value is -2.13. The third kappa shape index (κ3) is 3.06. The summed E-state index contributed by atoms with van der Waals surface area (Å²) in [6.45, 7) is 0.562. The number of aryl methyl sites for hydroxylation is 3. The Kier molecular flexibility index (Phi) is 4.31. The predicted molar refractivity (Wildman–Crippen MR) is 106 cm³/mol. The first-order chi connectivity index (χ1) is 13.5. The lowest BCUT2D eigenvalue weighted by molar-refractivity contribution is 0.256. The minimum atomic E-state index is -4.04. The number of nitrogens with one attached hydrogen (secondary N) is 2. The van der Waals surface area contributed by atoms with Crippen LogP contribution in [-0.2, 0) is 42.1 Å². The molecule has 3 aliphatic rings. The van der Waals surface area contributed by atoms with Crippen molar-refractivity contribution in [2.45, 2.75) is 55.7 Å². The average molecular weight is 420 g/mol. The Balaban J connectivity index is 1.39. The number of amides is 2. The molecule has 0 fully saturated rings. The van der Waals surface area contributed by atoms with Crippen LogP contribution in [0.15, 0.2) is 10.4 Å². The zero-order valence-corrected chi connectivity index (χ0v) is 17.0. The summed E-state index contributed by atoms with van der Waals surface area (Å²) in [7, 11) is -4.04. The number of hydrogen-bond donors (Lipinski definition) is 2. The predicted octanol–water partition coefficient (Wildman–Crippen LogP) is 2.96. The van der Waals surface area contributed by atoms with Crippen molar-refractivity contribution in [3.63, 3.8) is 0 Å². The lowest BCUT2D eigenvalue weighted by Crippen LogP contribution is -2.35. The Labute approximate surface area is 167 Å². The summed E-state index contributed by atoms with van der Waals surface area (Å²) < 4.78 is 32.7. The third-order valence-electron chi connectivity index (χ3n) is 5.60. The minimum absolute atomic E-state index is 0.127. The second kappa shape index (κ2) is 6.73. The number of thiazole rings is 1. The van der Waals surface area contributed by atoms with Gasteiger partial charge in [0, 0.05) is 5.69 Å². The molecule has 0 bridgehead atoms. The highest BCUT2D eigenvalue weighted by Crippen LogP contribution is 2.38. The van der Waals surface area contributed by atoms with Crippen LogP contribution in [0.3, 0.4) is 0 Å². The first-order valence-electron chi connectivity index (χ1n) is 9.64. The molecule has 0 unspecified atom stereocenters. The Morgan fingerprint density at radius 3 is 2.43 bits per heavy atom. The van der Waals surface area contributed by atoms with Gasteiger partial charge in [-0.05, 0) is 73.6 Å². The molecule has 148 valence electrons. The summed E-state index contributed by atoms with van der Waals surface area (Å²) in [5.74, 6) is 0. The summed E-state index contributed by atoms with van der Waals surface area (Å²) in [4.78, 5) is 16.7. The lowest BCUT2D eigenvalue weighted by atomic mass is 9.99. The molecular weight excluding hydrogens is 398 g/mol. The van der Waals surface area contributed by atoms with E-state index in [0.29, 0.717) is 23.8 Å². The number of ether oxygens (including phenoxy) is 1. The van der Waals surface area contributed by atoms with Crippen molar-refractivity contribution in [2.24, 2.45) is 0 Å². The van der Waals surface area contributed by atoms with Crippen molar-refractivity contribution in [3.8, 4) is 5.06 Å². The van der Waals surface area contributed by atoms with Gasteiger partial charge in [0.25, 0.3) is 10.0 Å². The van der Waals surface area contributed by atoms with E-state index in [2.05, 4.69) is 21.1 Å². The Morgan fingerprint density at radius 1 is 1.04 bits per heavy atom. The number of anilines is 1. The lowest BCUT2D eigenvalue weighted by Gasteiger charge is -2.16. The van der Waals surface area contributed by atoms with Gasteiger partial charge < -0.3 is 10.1 Å². The van der Waals surface area contributed by atoms with E-state index in [-0.39, 0.29) is 4.34 Å². The van der Waals surface area contributed by atoms with Crippen molar-refractivity contribution in [3.05, 3.63) is 34.0 Å². The molecule has 2 aromatic rings. The normalized spacial score (nSPS) is 17.4. The first-order valence-corrected chi connectivity index (χ1v) is 11.9. The van der Waals surface area contributed by atoms with Gasteiger partial charge in [-0.1, -0.05) is 17.4 Å². The number of carbonyl (C=O) groups is 1. The molecule has 2 amide bonds. The smallest absolute Gasteiger partial charge is 0.333 e. The molecule has 1 aromatic carbocycles. The Bertz CT molecular complexity index is 1020. The maximum atomic E-state index is 12.6. The maximum Gasteiger partial charge on any atom is 0.333 e. The number of aromatic nitrogens is 1. The number of nitrogens with zero attached hydrogens (tertiary/aromatic N) is 1. The van der Waals surface area contributed by atoms with Crippen molar-refractivity contribution >= 4 is 33.1 Å². The zero-order chi connectivity index (χ0) is 19.3. The number of urea groups is 1. The second-order valence-corrected chi connectivity index (χ2v) is 10.3. The van der Waals surface area contributed by atoms with Gasteiger partial charge in [0.15, 0.2) is 5.06 Å². The standard InChI is InChI=1S/C19H21N3O4S2/c23-18(22-28(24,25)19-20-15-8-3-9-26-17(15)27-19)21-16-13-6-1-4-11(13)10-12-5-2-7-14(12)16/h10H,1-9H2,(H2,21,22,23). The molecule has 5 rings (SSSR count). The maximum absolute atomic E-state index is 12.6. The fourth-order valence-electron chi connectivity index (χ4n) is 4.38. The van der Waals surface area contributed by atoms with Gasteiger partial charge in [-0.2, -0.15) is 8.42 Å². The molecule has 9 heteroatoms. The van der Waals surface area contributed by atoms with Crippen LogP contribution in [0.4, 0.5) is 10.5 Å². The van der Waals surface area contributed by atoms with E-state index in [1.54, 1.807) is 0 Å². The van der Waals surface area contributed by atoms with E-state index in [1.165, 1.54) is 11.1 Å². The molecule has 7 nitrogen and oxygen atoms in total. The number of hydrogen-bond acceptors (Lipinski definition) is 6. The fraction of sp³-hybridized carbons (Fsp3) is 0.474. The highest BCUT2D eigenvalue weighted by atomic mass is 32.2. The molecule has 2 heterocycles. The summed E-state index contributed by atoms with van der Waals surface area (Å²) in [5, 5.41) is 3.38. The van der Waals surface area contributed by atoms with Gasteiger partial charge in [0.05, 0.1) is 12.3 Å². The molecule has 0 spiro atoms. The molecule has 1 aromatic heterocycles. The van der Waals surface area contributed by atoms with Crippen molar-refractivity contribution in [2.75, 3.05) is 11.9 Å². The number of sulfonamides is 1. The highest BCUT2D eigenvalue weighted by Gasteiger charge is 2.29. The third-order valence-corrected chi connectivity index (χ3v) is 8.32. The molecule has 0 saturated carbocycles. The van der Waals surface area contributed by atoms with Crippen molar-refractivity contribution in [1.29, 1.82) is 0 Å². The molecule has 0 atom stereocenters. The summed E-state index contributed by atoms with van der Waals surface area (Å²) in [5.41, 5.74) is 6.34. The Morgan fingerprint density at radius 2 is 1.75 bits per heavy atom. The van der Waals surface area contributed by atoms with Crippen LogP contribution in [0.1, 0.15) is 47.2 Å². The van der Waals surface area contributed by atoms with Crippen molar-refractivity contribution in [1.82, 2.24) is 9.71 Å². The van der Waals surface area contributed by atoms with E-state index in [0.717, 1.165) is 73.1 Å². The van der Waals surface area contributed by atoms with Gasteiger partial charge in [-0.3, -0.25) is 0 Å². The topological polar surface area (TPSA) is 97.4 Å². The molecule has 1 aliphatic heterocycles. The van der Waals surface area contributed by atoms with Crippen LogP contribution in [0.5, 0.6) is 5.06 Å². The fourth-order valence-corrected chi connectivity index (χ4v) is 6.50. The van der Waals surface area contributed by atoms with E-state index in [9.17, 15) is 13.2 Å². The molecular formula is C19H21N3O4S2. The van der Waals surface area contributed by atoms with E-state index < -0.39 is 16.1 Å². The largest absolute Gasteiger partial charge is 0.482 e. The summed E-state index contributed by atoms with van der Waals surface area (Å²) >= 11 is 0.967. The second-order valence-electron chi connectivity index (χ2n) is 7.46. The summed E-state index contributed by atoms with van der Waals surface area (Å²) in [6, 6.07) is 1.54. The van der Waals surface area contributed by atoms with Crippen molar-refractivity contribution < 1.29 is 17.9 Å².